The number of thiocarbonyl (C=S) groups is 1. The molecule has 0 atom stereocenters. The van der Waals surface area contributed by atoms with Crippen molar-refractivity contribution in [3.8, 4) is 0 Å². The molecule has 0 aliphatic heterocycles. The number of hydrogen-bond acceptors (Lipinski definition) is 6. The van der Waals surface area contributed by atoms with Gasteiger partial charge in [-0.3, -0.25) is 0 Å². The van der Waals surface area contributed by atoms with Gasteiger partial charge in [0.25, 0.3) is 0 Å². The topological polar surface area (TPSA) is 84.5 Å². The maximum Gasteiger partial charge on any atom is 0.161 e. The Kier molecular flexibility index (Phi) is 5.75. The SMILES string of the molecule is COCCN(CCO)c1nnccc1C(N)=S. The van der Waals surface area contributed by atoms with E-state index in [0.29, 0.717) is 31.1 Å². The number of methoxy groups -OCH3 is 1. The summed E-state index contributed by atoms with van der Waals surface area (Å²) < 4.78 is 5.00. The fraction of sp³-hybridized carbons (Fsp3) is 0.500. The third kappa shape index (κ3) is 3.88. The summed E-state index contributed by atoms with van der Waals surface area (Å²) in [4.78, 5) is 2.10. The van der Waals surface area contributed by atoms with Crippen molar-refractivity contribution in [3.63, 3.8) is 0 Å². The van der Waals surface area contributed by atoms with Crippen LogP contribution in [0.3, 0.4) is 0 Å². The second-order valence-corrected chi connectivity index (χ2v) is 3.78. The zero-order chi connectivity index (χ0) is 12.7. The van der Waals surface area contributed by atoms with Gasteiger partial charge in [-0.05, 0) is 6.07 Å². The average molecular weight is 256 g/mol. The summed E-state index contributed by atoms with van der Waals surface area (Å²) in [7, 11) is 1.61. The monoisotopic (exact) mass is 256 g/mol. The highest BCUT2D eigenvalue weighted by molar-refractivity contribution is 7.80. The number of rotatable bonds is 7. The van der Waals surface area contributed by atoms with Crippen LogP contribution in [-0.2, 0) is 4.74 Å². The molecule has 94 valence electrons. The molecular formula is C10H16N4O2S. The van der Waals surface area contributed by atoms with Gasteiger partial charge >= 0.3 is 0 Å². The van der Waals surface area contributed by atoms with E-state index in [-0.39, 0.29) is 11.6 Å². The number of ether oxygens (including phenoxy) is 1. The van der Waals surface area contributed by atoms with Crippen LogP contribution in [0.2, 0.25) is 0 Å². The quantitative estimate of drug-likeness (QED) is 0.639. The lowest BCUT2D eigenvalue weighted by Crippen LogP contribution is -2.33. The van der Waals surface area contributed by atoms with Crippen molar-refractivity contribution >= 4 is 23.0 Å². The molecule has 0 fully saturated rings. The molecule has 1 rings (SSSR count). The summed E-state index contributed by atoms with van der Waals surface area (Å²) >= 11 is 4.96. The highest BCUT2D eigenvalue weighted by Gasteiger charge is 2.14. The minimum Gasteiger partial charge on any atom is -0.395 e. The van der Waals surface area contributed by atoms with E-state index in [0.717, 1.165) is 0 Å². The zero-order valence-corrected chi connectivity index (χ0v) is 10.5. The smallest absolute Gasteiger partial charge is 0.161 e. The van der Waals surface area contributed by atoms with Crippen LogP contribution < -0.4 is 10.6 Å². The summed E-state index contributed by atoms with van der Waals surface area (Å²) in [6, 6.07) is 1.71. The number of anilines is 1. The first kappa shape index (κ1) is 13.8. The number of aliphatic hydroxyl groups is 1. The minimum absolute atomic E-state index is 0.0110. The maximum atomic E-state index is 9.03. The second kappa shape index (κ2) is 7.10. The van der Waals surface area contributed by atoms with Crippen LogP contribution in [0.5, 0.6) is 0 Å². The van der Waals surface area contributed by atoms with Gasteiger partial charge in [0.05, 0.1) is 25.0 Å². The lowest BCUT2D eigenvalue weighted by Gasteiger charge is -2.23. The lowest BCUT2D eigenvalue weighted by molar-refractivity contribution is 0.202. The van der Waals surface area contributed by atoms with E-state index in [1.807, 2.05) is 4.90 Å². The molecule has 0 bridgehead atoms. The summed E-state index contributed by atoms with van der Waals surface area (Å²) in [5.41, 5.74) is 6.27. The van der Waals surface area contributed by atoms with Crippen LogP contribution in [0.25, 0.3) is 0 Å². The third-order valence-electron chi connectivity index (χ3n) is 2.20. The molecule has 1 heterocycles. The van der Waals surface area contributed by atoms with Gasteiger partial charge in [0, 0.05) is 20.2 Å². The van der Waals surface area contributed by atoms with Crippen LogP contribution in [0.4, 0.5) is 5.82 Å². The van der Waals surface area contributed by atoms with Crippen molar-refractivity contribution in [1.82, 2.24) is 10.2 Å². The molecule has 17 heavy (non-hydrogen) atoms. The molecule has 0 aliphatic rings. The van der Waals surface area contributed by atoms with E-state index in [4.69, 9.17) is 27.8 Å². The highest BCUT2D eigenvalue weighted by Crippen LogP contribution is 2.15. The van der Waals surface area contributed by atoms with Gasteiger partial charge < -0.3 is 20.5 Å². The molecule has 0 aliphatic carbocycles. The van der Waals surface area contributed by atoms with Crippen LogP contribution >= 0.6 is 12.2 Å². The molecule has 7 heteroatoms. The fourth-order valence-corrected chi connectivity index (χ4v) is 1.56. The number of hydrogen-bond donors (Lipinski definition) is 2. The molecule has 6 nitrogen and oxygen atoms in total. The Morgan fingerprint density at radius 2 is 2.35 bits per heavy atom. The van der Waals surface area contributed by atoms with Crippen LogP contribution in [0.15, 0.2) is 12.3 Å². The van der Waals surface area contributed by atoms with E-state index < -0.39 is 0 Å². The average Bonchev–Trinajstić information content (AvgIpc) is 2.34. The van der Waals surface area contributed by atoms with Crippen LogP contribution in [-0.4, -0.2) is 53.7 Å². The number of nitrogens with zero attached hydrogens (tertiary/aromatic N) is 3. The van der Waals surface area contributed by atoms with Crippen molar-refractivity contribution in [3.05, 3.63) is 17.8 Å². The van der Waals surface area contributed by atoms with Crippen molar-refractivity contribution in [1.29, 1.82) is 0 Å². The molecule has 0 saturated carbocycles. The van der Waals surface area contributed by atoms with E-state index in [1.54, 1.807) is 13.2 Å². The van der Waals surface area contributed by atoms with Gasteiger partial charge in [-0.15, -0.1) is 5.10 Å². The first-order chi connectivity index (χ1) is 8.20. The van der Waals surface area contributed by atoms with Gasteiger partial charge in [0.15, 0.2) is 5.82 Å². The summed E-state index contributed by atoms with van der Waals surface area (Å²) in [6.07, 6.45) is 1.53. The van der Waals surface area contributed by atoms with Crippen molar-refractivity contribution in [2.75, 3.05) is 38.3 Å². The summed E-state index contributed by atoms with van der Waals surface area (Å²) in [5.74, 6) is 0.575. The molecule has 0 unspecified atom stereocenters. The van der Waals surface area contributed by atoms with Gasteiger partial charge in [-0.25, -0.2) is 0 Å². The molecule has 0 amide bonds. The fourth-order valence-electron chi connectivity index (χ4n) is 1.40. The third-order valence-corrected chi connectivity index (χ3v) is 2.42. The van der Waals surface area contributed by atoms with E-state index in [9.17, 15) is 0 Å². The standard InChI is InChI=1S/C10H16N4O2S/c1-16-7-5-14(4-6-15)10-8(9(11)17)2-3-12-13-10/h2-3,15H,4-7H2,1H3,(H2,11,17). The summed E-state index contributed by atoms with van der Waals surface area (Å²) in [5, 5.41) is 16.9. The Bertz CT molecular complexity index is 375. The minimum atomic E-state index is 0.0110. The zero-order valence-electron chi connectivity index (χ0n) is 9.67. The predicted molar refractivity (Wildman–Crippen MR) is 69.1 cm³/mol. The Hall–Kier alpha value is -1.31. The Balaban J connectivity index is 2.95. The predicted octanol–water partition coefficient (Wildman–Crippen LogP) is -0.444. The van der Waals surface area contributed by atoms with Crippen molar-refractivity contribution in [2.24, 2.45) is 5.73 Å². The van der Waals surface area contributed by atoms with E-state index >= 15 is 0 Å². The largest absolute Gasteiger partial charge is 0.395 e. The molecule has 0 radical (unpaired) electrons. The number of aromatic nitrogens is 2. The maximum absolute atomic E-state index is 9.03. The normalized spacial score (nSPS) is 10.2. The number of nitrogens with two attached hydrogens (primary N) is 1. The van der Waals surface area contributed by atoms with E-state index in [1.165, 1.54) is 6.20 Å². The van der Waals surface area contributed by atoms with Gasteiger partial charge in [0.2, 0.25) is 0 Å². The van der Waals surface area contributed by atoms with Crippen LogP contribution in [0.1, 0.15) is 5.56 Å². The first-order valence-corrected chi connectivity index (χ1v) is 5.57. The number of aliphatic hydroxyl groups excluding tert-OH is 1. The van der Waals surface area contributed by atoms with Gasteiger partial charge in [0.1, 0.15) is 4.99 Å². The van der Waals surface area contributed by atoms with Crippen molar-refractivity contribution in [2.45, 2.75) is 0 Å². The summed E-state index contributed by atoms with van der Waals surface area (Å²) in [6.45, 7) is 1.55. The Morgan fingerprint density at radius 1 is 1.59 bits per heavy atom. The molecule has 1 aromatic heterocycles. The molecular weight excluding hydrogens is 240 g/mol. The highest BCUT2D eigenvalue weighted by atomic mass is 32.1. The lowest BCUT2D eigenvalue weighted by atomic mass is 10.2. The molecule has 1 aromatic rings. The van der Waals surface area contributed by atoms with Gasteiger partial charge in [-0.1, -0.05) is 12.2 Å². The second-order valence-electron chi connectivity index (χ2n) is 3.34. The molecule has 0 aromatic carbocycles. The Morgan fingerprint density at radius 3 is 2.94 bits per heavy atom. The van der Waals surface area contributed by atoms with E-state index in [2.05, 4.69) is 10.2 Å². The van der Waals surface area contributed by atoms with Gasteiger partial charge in [-0.2, -0.15) is 5.10 Å². The van der Waals surface area contributed by atoms with Crippen LogP contribution in [0, 0.1) is 0 Å². The molecule has 3 N–H and O–H groups in total. The van der Waals surface area contributed by atoms with Crippen molar-refractivity contribution < 1.29 is 9.84 Å². The Labute approximate surface area is 105 Å². The molecule has 0 spiro atoms. The first-order valence-electron chi connectivity index (χ1n) is 5.17. The molecule has 0 saturated heterocycles.